The van der Waals surface area contributed by atoms with Crippen molar-refractivity contribution in [3.63, 3.8) is 0 Å². The summed E-state index contributed by atoms with van der Waals surface area (Å²) in [6, 6.07) is 14.4. The second-order valence-electron chi connectivity index (χ2n) is 7.09. The van der Waals surface area contributed by atoms with Crippen molar-refractivity contribution in [1.29, 1.82) is 0 Å². The monoisotopic (exact) mass is 486 g/mol. The molecule has 0 saturated carbocycles. The summed E-state index contributed by atoms with van der Waals surface area (Å²) in [6.45, 7) is 1.82. The number of amides is 1. The number of carbonyl (C=O) groups excluding carboxylic acids is 1. The second-order valence-corrected chi connectivity index (χ2v) is 9.89. The van der Waals surface area contributed by atoms with Crippen LogP contribution in [0.1, 0.15) is 34.1 Å². The molecule has 0 spiro atoms. The van der Waals surface area contributed by atoms with Crippen LogP contribution in [0.15, 0.2) is 75.5 Å². The van der Waals surface area contributed by atoms with Crippen LogP contribution in [0.5, 0.6) is 0 Å². The van der Waals surface area contributed by atoms with Gasteiger partial charge in [0.05, 0.1) is 4.90 Å². The lowest BCUT2D eigenvalue weighted by molar-refractivity contribution is 0.0932. The van der Waals surface area contributed by atoms with Gasteiger partial charge in [-0.2, -0.15) is 4.98 Å². The molecule has 1 atom stereocenters. The molecule has 33 heavy (non-hydrogen) atoms. The lowest BCUT2D eigenvalue weighted by Crippen LogP contribution is -2.27. The van der Waals surface area contributed by atoms with E-state index in [1.807, 2.05) is 17.5 Å². The highest BCUT2D eigenvalue weighted by Crippen LogP contribution is 2.20. The van der Waals surface area contributed by atoms with Crippen LogP contribution in [0.2, 0.25) is 0 Å². The Hall–Kier alpha value is -3.41. The van der Waals surface area contributed by atoms with Crippen molar-refractivity contribution >= 4 is 27.3 Å². The molecule has 0 aliphatic rings. The first-order valence-electron chi connectivity index (χ1n) is 9.84. The molecule has 0 saturated heterocycles. The number of rotatable bonds is 8. The smallest absolute Gasteiger partial charge is 0.251 e. The van der Waals surface area contributed by atoms with Gasteiger partial charge in [-0.1, -0.05) is 17.3 Å². The Balaban J connectivity index is 1.44. The predicted molar refractivity (Wildman–Crippen MR) is 120 cm³/mol. The molecule has 0 aliphatic carbocycles. The van der Waals surface area contributed by atoms with Crippen LogP contribution in [0.4, 0.5) is 4.39 Å². The number of hydrogen-bond acceptors (Lipinski definition) is 7. The van der Waals surface area contributed by atoms with Crippen molar-refractivity contribution in [1.82, 2.24) is 20.2 Å². The summed E-state index contributed by atoms with van der Waals surface area (Å²) in [5.74, 6) is -0.464. The molecular formula is C22H19FN4O4S2. The minimum atomic E-state index is -3.79. The van der Waals surface area contributed by atoms with Gasteiger partial charge < -0.3 is 9.84 Å². The lowest BCUT2D eigenvalue weighted by atomic mass is 10.2. The van der Waals surface area contributed by atoms with Gasteiger partial charge in [0.25, 0.3) is 5.91 Å². The average molecular weight is 487 g/mol. The highest BCUT2D eigenvalue weighted by molar-refractivity contribution is 7.89. The highest BCUT2D eigenvalue weighted by Gasteiger charge is 2.20. The SMILES string of the molecule is CC(NC(=O)c1cccc(S(=O)(=O)NCc2cccs2)c1)c1nc(-c2ccc(F)cc2)no1. The molecule has 11 heteroatoms. The fraction of sp³-hybridized carbons (Fsp3) is 0.136. The lowest BCUT2D eigenvalue weighted by Gasteiger charge is -2.11. The number of aromatic nitrogens is 2. The Kier molecular flexibility index (Phi) is 6.63. The molecule has 1 unspecified atom stereocenters. The van der Waals surface area contributed by atoms with E-state index in [9.17, 15) is 17.6 Å². The van der Waals surface area contributed by atoms with Crippen molar-refractivity contribution in [2.75, 3.05) is 0 Å². The number of thiophene rings is 1. The van der Waals surface area contributed by atoms with Gasteiger partial charge in [0.15, 0.2) is 0 Å². The molecule has 0 bridgehead atoms. The van der Waals surface area contributed by atoms with Gasteiger partial charge in [0, 0.05) is 22.5 Å². The van der Waals surface area contributed by atoms with Gasteiger partial charge in [0.1, 0.15) is 11.9 Å². The minimum absolute atomic E-state index is 0.0178. The van der Waals surface area contributed by atoms with Crippen molar-refractivity contribution in [2.24, 2.45) is 0 Å². The van der Waals surface area contributed by atoms with Crippen LogP contribution in [0.3, 0.4) is 0 Å². The number of halogens is 1. The number of sulfonamides is 1. The largest absolute Gasteiger partial charge is 0.341 e. The van der Waals surface area contributed by atoms with Gasteiger partial charge in [-0.3, -0.25) is 4.79 Å². The first-order valence-corrected chi connectivity index (χ1v) is 12.2. The molecule has 170 valence electrons. The van der Waals surface area contributed by atoms with Crippen LogP contribution in [0, 0.1) is 5.82 Å². The van der Waals surface area contributed by atoms with Crippen LogP contribution < -0.4 is 10.0 Å². The summed E-state index contributed by atoms with van der Waals surface area (Å²) in [7, 11) is -3.79. The third-order valence-corrected chi connectivity index (χ3v) is 6.96. The molecule has 4 rings (SSSR count). The molecule has 0 fully saturated rings. The standard InChI is InChI=1S/C22H19FN4O4S2/c1-14(22-26-20(27-31-22)15-7-9-17(23)10-8-15)25-21(28)16-4-2-6-19(12-16)33(29,30)24-13-18-5-3-11-32-18/h2-12,14,24H,13H2,1H3,(H,25,28). The molecule has 0 radical (unpaired) electrons. The molecular weight excluding hydrogens is 467 g/mol. The van der Waals surface area contributed by atoms with Crippen molar-refractivity contribution in [3.05, 3.63) is 88.2 Å². The number of nitrogens with zero attached hydrogens (tertiary/aromatic N) is 2. The Morgan fingerprint density at radius 3 is 2.67 bits per heavy atom. The average Bonchev–Trinajstić information content (AvgIpc) is 3.51. The predicted octanol–water partition coefficient (Wildman–Crippen LogP) is 3.91. The van der Waals surface area contributed by atoms with E-state index in [4.69, 9.17) is 4.52 Å². The zero-order chi connectivity index (χ0) is 23.4. The maximum absolute atomic E-state index is 13.1. The van der Waals surface area contributed by atoms with Crippen LogP contribution in [-0.2, 0) is 16.6 Å². The third-order valence-electron chi connectivity index (χ3n) is 4.69. The van der Waals surface area contributed by atoms with Crippen LogP contribution in [-0.4, -0.2) is 24.5 Å². The Morgan fingerprint density at radius 1 is 1.15 bits per heavy atom. The summed E-state index contributed by atoms with van der Waals surface area (Å²) >= 11 is 1.44. The summed E-state index contributed by atoms with van der Waals surface area (Å²) < 4.78 is 46.1. The van der Waals surface area contributed by atoms with E-state index >= 15 is 0 Å². The fourth-order valence-electron chi connectivity index (χ4n) is 2.94. The zero-order valence-electron chi connectivity index (χ0n) is 17.4. The third kappa shape index (κ3) is 5.51. The van der Waals surface area contributed by atoms with E-state index in [1.165, 1.54) is 59.9 Å². The normalized spacial score (nSPS) is 12.4. The number of benzene rings is 2. The first kappa shape index (κ1) is 22.8. The summed E-state index contributed by atoms with van der Waals surface area (Å²) in [5, 5.41) is 8.43. The maximum Gasteiger partial charge on any atom is 0.251 e. The second kappa shape index (κ2) is 9.61. The Labute approximate surface area is 193 Å². The van der Waals surface area contributed by atoms with Gasteiger partial charge in [-0.05, 0) is 60.8 Å². The molecule has 2 heterocycles. The van der Waals surface area contributed by atoms with E-state index in [-0.39, 0.29) is 34.5 Å². The molecule has 1 amide bonds. The number of carbonyl (C=O) groups is 1. The highest BCUT2D eigenvalue weighted by atomic mass is 32.2. The molecule has 2 aromatic carbocycles. The van der Waals surface area contributed by atoms with E-state index < -0.39 is 22.0 Å². The Morgan fingerprint density at radius 2 is 1.94 bits per heavy atom. The number of hydrogen-bond donors (Lipinski definition) is 2. The zero-order valence-corrected chi connectivity index (χ0v) is 19.0. The van der Waals surface area contributed by atoms with Gasteiger partial charge >= 0.3 is 0 Å². The molecule has 4 aromatic rings. The summed E-state index contributed by atoms with van der Waals surface area (Å²) in [6.07, 6.45) is 0. The molecule has 2 N–H and O–H groups in total. The molecule has 0 aliphatic heterocycles. The fourth-order valence-corrected chi connectivity index (χ4v) is 4.72. The van der Waals surface area contributed by atoms with Crippen molar-refractivity contribution in [3.8, 4) is 11.4 Å². The van der Waals surface area contributed by atoms with E-state index in [0.29, 0.717) is 5.56 Å². The van der Waals surface area contributed by atoms with Crippen molar-refractivity contribution < 1.29 is 22.1 Å². The number of nitrogens with one attached hydrogen (secondary N) is 2. The molecule has 2 aromatic heterocycles. The summed E-state index contributed by atoms with van der Waals surface area (Å²) in [5.41, 5.74) is 0.733. The topological polar surface area (TPSA) is 114 Å². The van der Waals surface area contributed by atoms with E-state index in [0.717, 1.165) is 4.88 Å². The van der Waals surface area contributed by atoms with E-state index in [1.54, 1.807) is 6.92 Å². The Bertz CT molecular complexity index is 1350. The van der Waals surface area contributed by atoms with E-state index in [2.05, 4.69) is 20.2 Å². The van der Waals surface area contributed by atoms with Crippen molar-refractivity contribution in [2.45, 2.75) is 24.4 Å². The minimum Gasteiger partial charge on any atom is -0.341 e. The van der Waals surface area contributed by atoms with Gasteiger partial charge in [-0.25, -0.2) is 17.5 Å². The quantitative estimate of drug-likeness (QED) is 0.390. The maximum atomic E-state index is 13.1. The summed E-state index contributed by atoms with van der Waals surface area (Å²) in [4.78, 5) is 17.8. The first-order chi connectivity index (χ1) is 15.8. The molecule has 8 nitrogen and oxygen atoms in total. The van der Waals surface area contributed by atoms with Crippen LogP contribution >= 0.6 is 11.3 Å². The van der Waals surface area contributed by atoms with Gasteiger partial charge in [-0.15, -0.1) is 11.3 Å². The van der Waals surface area contributed by atoms with Gasteiger partial charge in [0.2, 0.25) is 21.7 Å². The van der Waals surface area contributed by atoms with Crippen LogP contribution in [0.25, 0.3) is 11.4 Å².